The maximum Gasteiger partial charge on any atom is 0.119 e. The zero-order valence-corrected chi connectivity index (χ0v) is 10.9. The van der Waals surface area contributed by atoms with E-state index in [4.69, 9.17) is 9.47 Å². The lowest BCUT2D eigenvalue weighted by molar-refractivity contribution is 0.0601. The maximum atomic E-state index is 5.76. The molecule has 0 unspecified atom stereocenters. The van der Waals surface area contributed by atoms with Crippen molar-refractivity contribution in [1.29, 1.82) is 0 Å². The van der Waals surface area contributed by atoms with Gasteiger partial charge in [0.15, 0.2) is 0 Å². The van der Waals surface area contributed by atoms with Crippen molar-refractivity contribution >= 4 is 0 Å². The van der Waals surface area contributed by atoms with Crippen LogP contribution in [-0.4, -0.2) is 32.4 Å². The van der Waals surface area contributed by atoms with Crippen LogP contribution in [0.4, 0.5) is 0 Å². The molecule has 3 nitrogen and oxygen atoms in total. The van der Waals surface area contributed by atoms with Crippen LogP contribution in [0.3, 0.4) is 0 Å². The molecule has 18 heavy (non-hydrogen) atoms. The number of rotatable bonds is 8. The van der Waals surface area contributed by atoms with E-state index in [1.54, 1.807) is 0 Å². The van der Waals surface area contributed by atoms with Crippen molar-refractivity contribution in [3.05, 3.63) is 30.3 Å². The van der Waals surface area contributed by atoms with Gasteiger partial charge in [-0.15, -0.1) is 0 Å². The van der Waals surface area contributed by atoms with Gasteiger partial charge < -0.3 is 14.8 Å². The minimum atomic E-state index is 0.521. The summed E-state index contributed by atoms with van der Waals surface area (Å²) < 4.78 is 11.3. The molecule has 1 aliphatic carbocycles. The highest BCUT2D eigenvalue weighted by molar-refractivity contribution is 5.20. The smallest absolute Gasteiger partial charge is 0.119 e. The molecule has 0 amide bonds. The summed E-state index contributed by atoms with van der Waals surface area (Å²) in [6, 6.07) is 9.91. The monoisotopic (exact) mass is 249 g/mol. The van der Waals surface area contributed by atoms with Gasteiger partial charge in [-0.25, -0.2) is 0 Å². The fourth-order valence-corrected chi connectivity index (χ4v) is 2.24. The molecule has 1 aromatic carbocycles. The molecule has 0 aliphatic heterocycles. The molecule has 1 aliphatic rings. The first-order valence-electron chi connectivity index (χ1n) is 6.95. The second kappa shape index (κ2) is 8.11. The van der Waals surface area contributed by atoms with Gasteiger partial charge in [-0.2, -0.15) is 0 Å². The van der Waals surface area contributed by atoms with Gasteiger partial charge in [0.2, 0.25) is 0 Å². The van der Waals surface area contributed by atoms with Crippen LogP contribution in [0.1, 0.15) is 25.7 Å². The van der Waals surface area contributed by atoms with Crippen molar-refractivity contribution in [2.75, 3.05) is 26.3 Å². The molecule has 2 rings (SSSR count). The third-order valence-electron chi connectivity index (χ3n) is 3.23. The molecule has 0 atom stereocenters. The SMILES string of the molecule is c1ccc(OCCNCCOC2CCCC2)cc1. The summed E-state index contributed by atoms with van der Waals surface area (Å²) in [4.78, 5) is 0. The molecule has 0 aromatic heterocycles. The second-order valence-electron chi connectivity index (χ2n) is 4.69. The van der Waals surface area contributed by atoms with Crippen LogP contribution >= 0.6 is 0 Å². The summed E-state index contributed by atoms with van der Waals surface area (Å²) in [6.45, 7) is 3.29. The number of nitrogens with one attached hydrogen (secondary N) is 1. The molecule has 1 N–H and O–H groups in total. The average molecular weight is 249 g/mol. The highest BCUT2D eigenvalue weighted by atomic mass is 16.5. The zero-order valence-electron chi connectivity index (χ0n) is 10.9. The van der Waals surface area contributed by atoms with E-state index in [1.807, 2.05) is 30.3 Å². The van der Waals surface area contributed by atoms with Crippen molar-refractivity contribution in [2.45, 2.75) is 31.8 Å². The van der Waals surface area contributed by atoms with E-state index in [2.05, 4.69) is 5.32 Å². The number of para-hydroxylation sites is 1. The Hall–Kier alpha value is -1.06. The minimum Gasteiger partial charge on any atom is -0.492 e. The van der Waals surface area contributed by atoms with Crippen molar-refractivity contribution in [3.63, 3.8) is 0 Å². The molecule has 1 saturated carbocycles. The lowest BCUT2D eigenvalue weighted by Gasteiger charge is -2.11. The lowest BCUT2D eigenvalue weighted by Crippen LogP contribution is -2.26. The Morgan fingerprint density at radius 1 is 1.00 bits per heavy atom. The predicted octanol–water partition coefficient (Wildman–Crippen LogP) is 2.61. The maximum absolute atomic E-state index is 5.76. The molecule has 0 spiro atoms. The molecule has 100 valence electrons. The highest BCUT2D eigenvalue weighted by Gasteiger charge is 2.14. The normalized spacial score (nSPS) is 16.0. The molecular weight excluding hydrogens is 226 g/mol. The largest absolute Gasteiger partial charge is 0.492 e. The van der Waals surface area contributed by atoms with Gasteiger partial charge >= 0.3 is 0 Å². The van der Waals surface area contributed by atoms with Gasteiger partial charge in [-0.05, 0) is 25.0 Å². The Kier molecular flexibility index (Phi) is 6.03. The van der Waals surface area contributed by atoms with Crippen LogP contribution in [0, 0.1) is 0 Å². The van der Waals surface area contributed by atoms with Crippen LogP contribution in [0.15, 0.2) is 30.3 Å². The van der Waals surface area contributed by atoms with E-state index < -0.39 is 0 Å². The molecule has 0 bridgehead atoms. The Balaban J connectivity index is 1.42. The summed E-state index contributed by atoms with van der Waals surface area (Å²) in [5.74, 6) is 0.932. The molecular formula is C15H23NO2. The number of ether oxygens (including phenoxy) is 2. The summed E-state index contributed by atoms with van der Waals surface area (Å²) in [5, 5.41) is 3.33. The number of hydrogen-bond donors (Lipinski definition) is 1. The number of hydrogen-bond acceptors (Lipinski definition) is 3. The predicted molar refractivity (Wildman–Crippen MR) is 73.0 cm³/mol. The third-order valence-corrected chi connectivity index (χ3v) is 3.23. The van der Waals surface area contributed by atoms with Gasteiger partial charge in [0.05, 0.1) is 12.7 Å². The van der Waals surface area contributed by atoms with Crippen LogP contribution in [0.5, 0.6) is 5.75 Å². The van der Waals surface area contributed by atoms with Crippen molar-refractivity contribution < 1.29 is 9.47 Å². The van der Waals surface area contributed by atoms with Gasteiger partial charge in [0.1, 0.15) is 12.4 Å². The summed E-state index contributed by atoms with van der Waals surface area (Å²) in [7, 11) is 0. The Bertz CT molecular complexity index is 310. The Labute approximate surface area is 109 Å². The fraction of sp³-hybridized carbons (Fsp3) is 0.600. The first-order chi connectivity index (χ1) is 8.95. The van der Waals surface area contributed by atoms with Crippen LogP contribution < -0.4 is 10.1 Å². The van der Waals surface area contributed by atoms with E-state index in [-0.39, 0.29) is 0 Å². The van der Waals surface area contributed by atoms with E-state index >= 15 is 0 Å². The first-order valence-corrected chi connectivity index (χ1v) is 6.95. The van der Waals surface area contributed by atoms with Gasteiger partial charge in [-0.3, -0.25) is 0 Å². The standard InChI is InChI=1S/C15H23NO2/c1-2-6-14(7-3-1)17-12-10-16-11-13-18-15-8-4-5-9-15/h1-3,6-7,15-16H,4-5,8-13H2. The highest BCUT2D eigenvalue weighted by Crippen LogP contribution is 2.20. The van der Waals surface area contributed by atoms with Crippen LogP contribution in [0.25, 0.3) is 0 Å². The van der Waals surface area contributed by atoms with E-state index in [0.29, 0.717) is 12.7 Å². The van der Waals surface area contributed by atoms with Crippen molar-refractivity contribution in [1.82, 2.24) is 5.32 Å². The third kappa shape index (κ3) is 5.07. The molecule has 0 radical (unpaired) electrons. The second-order valence-corrected chi connectivity index (χ2v) is 4.69. The first kappa shape index (κ1) is 13.4. The van der Waals surface area contributed by atoms with E-state index in [9.17, 15) is 0 Å². The molecule has 1 aromatic rings. The molecule has 1 fully saturated rings. The molecule has 3 heteroatoms. The average Bonchev–Trinajstić information content (AvgIpc) is 2.92. The number of benzene rings is 1. The molecule has 0 saturated heterocycles. The van der Waals surface area contributed by atoms with Gasteiger partial charge in [0.25, 0.3) is 0 Å². The van der Waals surface area contributed by atoms with Crippen LogP contribution in [-0.2, 0) is 4.74 Å². The summed E-state index contributed by atoms with van der Waals surface area (Å²) >= 11 is 0. The summed E-state index contributed by atoms with van der Waals surface area (Å²) in [5.41, 5.74) is 0. The quantitative estimate of drug-likeness (QED) is 0.718. The van der Waals surface area contributed by atoms with Gasteiger partial charge in [0, 0.05) is 13.1 Å². The zero-order chi connectivity index (χ0) is 12.5. The van der Waals surface area contributed by atoms with Crippen molar-refractivity contribution in [2.24, 2.45) is 0 Å². The van der Waals surface area contributed by atoms with E-state index in [1.165, 1.54) is 25.7 Å². The molecule has 0 heterocycles. The minimum absolute atomic E-state index is 0.521. The van der Waals surface area contributed by atoms with Crippen LogP contribution in [0.2, 0.25) is 0 Å². The topological polar surface area (TPSA) is 30.5 Å². The summed E-state index contributed by atoms with van der Waals surface area (Å²) in [6.07, 6.45) is 5.69. The van der Waals surface area contributed by atoms with E-state index in [0.717, 1.165) is 25.4 Å². The van der Waals surface area contributed by atoms with Gasteiger partial charge in [-0.1, -0.05) is 31.0 Å². The Morgan fingerprint density at radius 2 is 1.72 bits per heavy atom. The lowest BCUT2D eigenvalue weighted by atomic mass is 10.3. The fourth-order valence-electron chi connectivity index (χ4n) is 2.24. The van der Waals surface area contributed by atoms with Crippen molar-refractivity contribution in [3.8, 4) is 5.75 Å². The Morgan fingerprint density at radius 3 is 2.50 bits per heavy atom.